The summed E-state index contributed by atoms with van der Waals surface area (Å²) in [7, 11) is 0. The molecule has 0 amide bonds. The number of halogens is 3. The van der Waals surface area contributed by atoms with E-state index < -0.39 is 11.6 Å². The number of anilines is 2. The Kier molecular flexibility index (Phi) is 4.71. The van der Waals surface area contributed by atoms with Gasteiger partial charge in [0, 0.05) is 39.7 Å². The molecule has 0 radical (unpaired) electrons. The summed E-state index contributed by atoms with van der Waals surface area (Å²) >= 11 is 6.23. The Bertz CT molecular complexity index is 1330. The lowest BCUT2D eigenvalue weighted by Gasteiger charge is -2.13. The smallest absolute Gasteiger partial charge is 0.228 e. The summed E-state index contributed by atoms with van der Waals surface area (Å²) in [4.78, 5) is 13.5. The second-order valence-electron chi connectivity index (χ2n) is 7.08. The van der Waals surface area contributed by atoms with Crippen LogP contribution in [0.25, 0.3) is 11.3 Å². The summed E-state index contributed by atoms with van der Waals surface area (Å²) in [6.45, 7) is 2.04. The van der Waals surface area contributed by atoms with Gasteiger partial charge in [-0.1, -0.05) is 23.7 Å². The highest BCUT2D eigenvalue weighted by molar-refractivity contribution is 6.31. The molecule has 0 unspecified atom stereocenters. The minimum atomic E-state index is -0.696. The van der Waals surface area contributed by atoms with Crippen LogP contribution in [0, 0.1) is 18.6 Å². The van der Waals surface area contributed by atoms with Crippen molar-refractivity contribution in [3.05, 3.63) is 87.7 Å². The molecule has 0 saturated heterocycles. The van der Waals surface area contributed by atoms with Crippen molar-refractivity contribution >= 4 is 29.1 Å². The first-order chi connectivity index (χ1) is 15.0. The number of aromatic amines is 1. The maximum absolute atomic E-state index is 14.6. The van der Waals surface area contributed by atoms with Gasteiger partial charge in [0.2, 0.25) is 5.95 Å². The zero-order chi connectivity index (χ0) is 21.5. The van der Waals surface area contributed by atoms with E-state index >= 15 is 0 Å². The van der Waals surface area contributed by atoms with Crippen molar-refractivity contribution in [2.45, 2.75) is 13.5 Å². The summed E-state index contributed by atoms with van der Waals surface area (Å²) in [5.74, 6) is -0.476. The van der Waals surface area contributed by atoms with Crippen LogP contribution in [-0.4, -0.2) is 25.9 Å². The quantitative estimate of drug-likeness (QED) is 0.462. The molecule has 0 atom stereocenters. The predicted octanol–water partition coefficient (Wildman–Crippen LogP) is 5.20. The first-order valence-electron chi connectivity index (χ1n) is 9.43. The topological polar surface area (TPSA) is 78.8 Å². The standard InChI is InChI=1S/C22H15ClF2N6/c1-11-7-18(31-30-11)28-22-27-10-12-9-26-21(19-16(24)3-2-4-17(19)25)15-8-13(23)5-6-14(15)20(12)29-22/h2-8,10H,9H2,1H3,(H2,27,28,29,30,31). The third-order valence-electron chi connectivity index (χ3n) is 4.91. The Morgan fingerprint density at radius 2 is 1.87 bits per heavy atom. The molecule has 2 N–H and O–H groups in total. The van der Waals surface area contributed by atoms with E-state index in [2.05, 4.69) is 30.5 Å². The molecule has 0 fully saturated rings. The Balaban J connectivity index is 1.66. The van der Waals surface area contributed by atoms with Gasteiger partial charge in [-0.15, -0.1) is 0 Å². The number of nitrogens with one attached hydrogen (secondary N) is 2. The third-order valence-corrected chi connectivity index (χ3v) is 5.14. The molecule has 4 aromatic rings. The Morgan fingerprint density at radius 1 is 1.06 bits per heavy atom. The summed E-state index contributed by atoms with van der Waals surface area (Å²) in [5.41, 5.74) is 3.35. The maximum Gasteiger partial charge on any atom is 0.228 e. The molecule has 2 aromatic carbocycles. The molecule has 2 aromatic heterocycles. The predicted molar refractivity (Wildman–Crippen MR) is 115 cm³/mol. The molecule has 154 valence electrons. The van der Waals surface area contributed by atoms with Crippen molar-refractivity contribution in [1.29, 1.82) is 0 Å². The Morgan fingerprint density at radius 3 is 2.61 bits per heavy atom. The number of rotatable bonds is 3. The average Bonchev–Trinajstić information content (AvgIpc) is 3.08. The summed E-state index contributed by atoms with van der Waals surface area (Å²) < 4.78 is 29.2. The lowest BCUT2D eigenvalue weighted by atomic mass is 9.95. The van der Waals surface area contributed by atoms with E-state index in [1.807, 2.05) is 13.0 Å². The van der Waals surface area contributed by atoms with Gasteiger partial charge >= 0.3 is 0 Å². The molecule has 0 aliphatic carbocycles. The van der Waals surface area contributed by atoms with E-state index in [0.717, 1.165) is 11.3 Å². The van der Waals surface area contributed by atoms with Crippen LogP contribution in [0.1, 0.15) is 22.4 Å². The SMILES string of the molecule is Cc1cc(Nc2ncc3c(n2)-c2ccc(Cl)cc2C(c2c(F)cccc2F)=NC3)n[nH]1. The fraction of sp³-hybridized carbons (Fsp3) is 0.0909. The lowest BCUT2D eigenvalue weighted by molar-refractivity contribution is 0.579. The number of aryl methyl sites for hydroxylation is 1. The maximum atomic E-state index is 14.6. The second kappa shape index (κ2) is 7.55. The van der Waals surface area contributed by atoms with Crippen LogP contribution in [0.2, 0.25) is 5.02 Å². The molecule has 1 aliphatic rings. The van der Waals surface area contributed by atoms with Gasteiger partial charge in [-0.3, -0.25) is 10.1 Å². The fourth-order valence-electron chi connectivity index (χ4n) is 3.52. The number of hydrogen-bond donors (Lipinski definition) is 2. The van der Waals surface area contributed by atoms with E-state index in [0.29, 0.717) is 33.6 Å². The fourth-order valence-corrected chi connectivity index (χ4v) is 3.69. The number of hydrogen-bond acceptors (Lipinski definition) is 5. The highest BCUT2D eigenvalue weighted by Gasteiger charge is 2.25. The molecule has 31 heavy (non-hydrogen) atoms. The van der Waals surface area contributed by atoms with Gasteiger partial charge in [0.25, 0.3) is 0 Å². The molecule has 0 spiro atoms. The molecule has 5 rings (SSSR count). The molecule has 0 bridgehead atoms. The van der Waals surface area contributed by atoms with Crippen molar-refractivity contribution in [1.82, 2.24) is 20.2 Å². The monoisotopic (exact) mass is 436 g/mol. The summed E-state index contributed by atoms with van der Waals surface area (Å²) in [6, 6.07) is 10.7. The van der Waals surface area contributed by atoms with E-state index in [4.69, 9.17) is 11.6 Å². The van der Waals surface area contributed by atoms with Crippen LogP contribution in [-0.2, 0) is 6.54 Å². The van der Waals surface area contributed by atoms with Crippen LogP contribution in [0.15, 0.2) is 53.7 Å². The molecule has 1 aliphatic heterocycles. The molecular weight excluding hydrogens is 422 g/mol. The minimum Gasteiger partial charge on any atom is -0.307 e. The van der Waals surface area contributed by atoms with Crippen molar-refractivity contribution in [2.75, 3.05) is 5.32 Å². The van der Waals surface area contributed by atoms with Crippen molar-refractivity contribution in [2.24, 2.45) is 4.99 Å². The first-order valence-corrected chi connectivity index (χ1v) is 9.81. The summed E-state index contributed by atoms with van der Waals surface area (Å²) in [6.07, 6.45) is 1.65. The van der Waals surface area contributed by atoms with Crippen LogP contribution in [0.3, 0.4) is 0 Å². The molecule has 3 heterocycles. The molecule has 9 heteroatoms. The minimum absolute atomic E-state index is 0.159. The largest absolute Gasteiger partial charge is 0.307 e. The van der Waals surface area contributed by atoms with Gasteiger partial charge in [0.15, 0.2) is 5.82 Å². The van der Waals surface area contributed by atoms with Crippen LogP contribution in [0.5, 0.6) is 0 Å². The number of H-pyrrole nitrogens is 1. The molecular formula is C22H15ClF2N6. The normalized spacial score (nSPS) is 12.6. The number of nitrogens with zero attached hydrogens (tertiary/aromatic N) is 4. The van der Waals surface area contributed by atoms with Gasteiger partial charge in [-0.25, -0.2) is 18.7 Å². The second-order valence-corrected chi connectivity index (χ2v) is 7.52. The van der Waals surface area contributed by atoms with Gasteiger partial charge in [-0.2, -0.15) is 5.10 Å². The van der Waals surface area contributed by atoms with Gasteiger partial charge in [0.1, 0.15) is 11.6 Å². The highest BCUT2D eigenvalue weighted by Crippen LogP contribution is 2.34. The number of aromatic nitrogens is 4. The van der Waals surface area contributed by atoms with Gasteiger partial charge < -0.3 is 5.32 Å². The number of benzene rings is 2. The molecule has 0 saturated carbocycles. The van der Waals surface area contributed by atoms with Gasteiger partial charge in [-0.05, 0) is 31.2 Å². The van der Waals surface area contributed by atoms with E-state index in [-0.39, 0.29) is 17.8 Å². The third kappa shape index (κ3) is 3.55. The van der Waals surface area contributed by atoms with Crippen molar-refractivity contribution < 1.29 is 8.78 Å². The zero-order valence-electron chi connectivity index (χ0n) is 16.2. The Hall–Kier alpha value is -3.65. The van der Waals surface area contributed by atoms with Crippen LogP contribution >= 0.6 is 11.6 Å². The molecule has 6 nitrogen and oxygen atoms in total. The Labute approximate surface area is 181 Å². The van der Waals surface area contributed by atoms with E-state index in [1.165, 1.54) is 18.2 Å². The van der Waals surface area contributed by atoms with E-state index in [9.17, 15) is 8.78 Å². The van der Waals surface area contributed by atoms with Gasteiger partial charge in [0.05, 0.1) is 23.5 Å². The summed E-state index contributed by atoms with van der Waals surface area (Å²) in [5, 5.41) is 10.4. The average molecular weight is 437 g/mol. The lowest BCUT2D eigenvalue weighted by Crippen LogP contribution is -2.10. The van der Waals surface area contributed by atoms with Crippen LogP contribution < -0.4 is 5.32 Å². The zero-order valence-corrected chi connectivity index (χ0v) is 17.0. The van der Waals surface area contributed by atoms with Crippen molar-refractivity contribution in [3.8, 4) is 11.3 Å². The first kappa shape index (κ1) is 19.3. The highest BCUT2D eigenvalue weighted by atomic mass is 35.5. The van der Waals surface area contributed by atoms with E-state index in [1.54, 1.807) is 24.4 Å². The number of fused-ring (bicyclic) bond motifs is 3. The number of aliphatic imine (C=N–C) groups is 1. The van der Waals surface area contributed by atoms with Crippen molar-refractivity contribution in [3.63, 3.8) is 0 Å². The van der Waals surface area contributed by atoms with Crippen LogP contribution in [0.4, 0.5) is 20.5 Å².